The van der Waals surface area contributed by atoms with Gasteiger partial charge in [-0.1, -0.05) is 12.5 Å². The molecule has 0 aromatic carbocycles. The molecular formula is C46H93N13O7. The summed E-state index contributed by atoms with van der Waals surface area (Å²) in [5, 5.41) is 34.7. The number of hydroxylamine groups is 2. The van der Waals surface area contributed by atoms with Gasteiger partial charge < -0.3 is 63.0 Å². The van der Waals surface area contributed by atoms with Crippen LogP contribution in [0.3, 0.4) is 0 Å². The molecule has 20 nitrogen and oxygen atoms in total. The van der Waals surface area contributed by atoms with Crippen molar-refractivity contribution in [3.63, 3.8) is 0 Å². The number of carbonyl (C=O) groups is 5. The predicted octanol–water partition coefficient (Wildman–Crippen LogP) is -1.05. The van der Waals surface area contributed by atoms with Crippen LogP contribution >= 0.6 is 0 Å². The molecule has 11 heterocycles. The highest BCUT2D eigenvalue weighted by molar-refractivity contribution is 6.37. The van der Waals surface area contributed by atoms with E-state index in [-0.39, 0.29) is 17.6 Å². The van der Waals surface area contributed by atoms with Crippen LogP contribution in [-0.4, -0.2) is 160 Å². The van der Waals surface area contributed by atoms with E-state index in [1.54, 1.807) is 0 Å². The Labute approximate surface area is 396 Å². The highest BCUT2D eigenvalue weighted by Gasteiger charge is 2.18. The molecule has 384 valence electrons. The third-order valence-corrected chi connectivity index (χ3v) is 10.7. The Morgan fingerprint density at radius 2 is 0.909 bits per heavy atom. The van der Waals surface area contributed by atoms with E-state index in [0.29, 0.717) is 23.8 Å². The fraction of sp³-hybridized carbons (Fsp3) is 0.848. The van der Waals surface area contributed by atoms with E-state index >= 15 is 0 Å². The monoisotopic (exact) mass is 940 g/mol. The average molecular weight is 940 g/mol. The first-order chi connectivity index (χ1) is 32.4. The molecule has 66 heavy (non-hydrogen) atoms. The number of hydrogen-bond acceptors (Lipinski definition) is 16. The van der Waals surface area contributed by atoms with Crippen LogP contribution in [0.2, 0.25) is 0 Å². The van der Waals surface area contributed by atoms with Crippen molar-refractivity contribution in [1.82, 2.24) is 64.2 Å². The first-order valence-electron chi connectivity index (χ1n) is 25.5. The molecule has 0 aromatic rings. The number of hydrazine groups is 2. The van der Waals surface area contributed by atoms with Gasteiger partial charge in [0, 0.05) is 130 Å². The van der Waals surface area contributed by atoms with Crippen molar-refractivity contribution in [2.45, 2.75) is 122 Å². The van der Waals surface area contributed by atoms with Gasteiger partial charge in [-0.2, -0.15) is 0 Å². The quantitative estimate of drug-likeness (QED) is 0.102. The maximum absolute atomic E-state index is 10.5. The number of carbonyl (C=O) groups excluding carboxylic acids is 5. The average Bonchev–Trinajstić information content (AvgIpc) is 4.24. The summed E-state index contributed by atoms with van der Waals surface area (Å²) in [5.74, 6) is 0.0868. The molecule has 11 aliphatic rings. The molecule has 3 amide bonds. The number of Topliss-reactive ketones (excluding diaryl/α,β-unsaturated/α-hetero) is 2. The topological polar surface area (TPSA) is 266 Å². The smallest absolute Gasteiger partial charge is 0.287 e. The largest absolute Gasteiger partial charge is 0.634 e. The summed E-state index contributed by atoms with van der Waals surface area (Å²) in [7, 11) is 0. The number of ether oxygens (including phenoxy) is 1. The molecule has 20 heteroatoms. The summed E-state index contributed by atoms with van der Waals surface area (Å²) in [4.78, 5) is 51.0. The molecule has 10 saturated heterocycles. The van der Waals surface area contributed by atoms with Gasteiger partial charge in [0.2, 0.25) is 17.6 Å². The van der Waals surface area contributed by atoms with Crippen LogP contribution in [-0.2, 0) is 28.7 Å². The third-order valence-electron chi connectivity index (χ3n) is 10.7. The van der Waals surface area contributed by atoms with E-state index in [4.69, 9.17) is 4.74 Å². The van der Waals surface area contributed by atoms with Crippen LogP contribution in [0.1, 0.15) is 122 Å². The highest BCUT2D eigenvalue weighted by atomic mass is 16.5. The Hall–Kier alpha value is -3.15. The number of piperidine rings is 3. The Balaban J connectivity index is 0.000000364. The number of quaternary nitrogens is 1. The molecule has 0 aliphatic carbocycles. The summed E-state index contributed by atoms with van der Waals surface area (Å²) >= 11 is 0. The molecule has 0 aromatic heterocycles. The Kier molecular flexibility index (Phi) is 44.6. The zero-order valence-corrected chi connectivity index (χ0v) is 40.6. The molecule has 0 spiro atoms. The lowest BCUT2D eigenvalue weighted by Crippen LogP contribution is -3.07. The van der Waals surface area contributed by atoms with Crippen LogP contribution < -0.4 is 69.3 Å². The molecule has 0 bridgehead atoms. The fourth-order valence-corrected chi connectivity index (χ4v) is 6.74. The second-order valence-electron chi connectivity index (χ2n) is 16.8. The summed E-state index contributed by atoms with van der Waals surface area (Å²) < 4.78 is 5.07. The summed E-state index contributed by atoms with van der Waals surface area (Å²) in [6.07, 6.45) is 25.0. The van der Waals surface area contributed by atoms with Gasteiger partial charge in [0.15, 0.2) is 0 Å². The minimum Gasteiger partial charge on any atom is -0.634 e. The second-order valence-corrected chi connectivity index (χ2v) is 16.8. The lowest BCUT2D eigenvalue weighted by atomic mass is 10.1. The minimum atomic E-state index is -0.431. The van der Waals surface area contributed by atoms with Gasteiger partial charge >= 0.3 is 0 Å². The van der Waals surface area contributed by atoms with Crippen LogP contribution in [0.5, 0.6) is 0 Å². The zero-order chi connectivity index (χ0) is 47.6. The fourth-order valence-electron chi connectivity index (χ4n) is 6.74. The molecule has 0 unspecified atom stereocenters. The molecule has 11 rings (SSSR count). The molecule has 10 fully saturated rings. The Morgan fingerprint density at radius 3 is 1.09 bits per heavy atom. The number of hydrogen-bond donors (Lipinski definition) is 13. The number of piperazine rings is 1. The predicted molar refractivity (Wildman–Crippen MR) is 262 cm³/mol. The van der Waals surface area contributed by atoms with Crippen molar-refractivity contribution in [2.24, 2.45) is 0 Å². The number of ketones is 2. The van der Waals surface area contributed by atoms with Gasteiger partial charge in [-0.3, -0.25) is 34.8 Å². The van der Waals surface area contributed by atoms with Gasteiger partial charge in [0.05, 0.1) is 13.1 Å². The molecule has 0 saturated carbocycles. The summed E-state index contributed by atoms with van der Waals surface area (Å²) in [6, 6.07) is 0. The van der Waals surface area contributed by atoms with Crippen molar-refractivity contribution < 1.29 is 33.8 Å². The molecule has 11 aliphatic heterocycles. The SMILES string of the molecule is C1=CNNC1.C1CCNC1.C1CCNCC1.C1CCOCC1.C1CNCCN1.C1CNNC1.O=C1CCCN1.O=C1CCCN1.O=C1CCNC1=O.O=C1CCNCC1.[O-][NH+]1CCCCC1. The van der Waals surface area contributed by atoms with Crippen LogP contribution in [0, 0.1) is 5.21 Å². The normalized spacial score (nSPS) is 22.7. The number of nitrogens with one attached hydrogen (secondary N) is 13. The van der Waals surface area contributed by atoms with Crippen molar-refractivity contribution in [3.8, 4) is 0 Å². The van der Waals surface area contributed by atoms with Gasteiger partial charge in [0.1, 0.15) is 5.78 Å². The van der Waals surface area contributed by atoms with Crippen molar-refractivity contribution in [1.29, 1.82) is 0 Å². The van der Waals surface area contributed by atoms with E-state index in [2.05, 4.69) is 64.2 Å². The Morgan fingerprint density at radius 1 is 0.424 bits per heavy atom. The van der Waals surface area contributed by atoms with E-state index < -0.39 is 5.91 Å². The maximum atomic E-state index is 10.5. The van der Waals surface area contributed by atoms with E-state index in [1.165, 1.54) is 90.4 Å². The van der Waals surface area contributed by atoms with Crippen molar-refractivity contribution in [2.75, 3.05) is 131 Å². The first kappa shape index (κ1) is 60.9. The summed E-state index contributed by atoms with van der Waals surface area (Å²) in [6.45, 7) is 20.6. The minimum absolute atomic E-state index is 0.204. The van der Waals surface area contributed by atoms with Gasteiger partial charge in [-0.05, 0) is 110 Å². The van der Waals surface area contributed by atoms with E-state index in [9.17, 15) is 29.2 Å². The lowest BCUT2D eigenvalue weighted by Gasteiger charge is -2.25. The molecule has 0 atom stereocenters. The van der Waals surface area contributed by atoms with E-state index in [1.807, 2.05) is 12.3 Å². The van der Waals surface area contributed by atoms with Crippen LogP contribution in [0.25, 0.3) is 0 Å². The third kappa shape index (κ3) is 44.7. The molecular weight excluding hydrogens is 847 g/mol. The Bertz CT molecular complexity index is 1040. The lowest BCUT2D eigenvalue weighted by molar-refractivity contribution is -0.853. The number of amides is 3. The molecule has 13 N–H and O–H groups in total. The standard InChI is InChI=1S/C5H9NO.C5H11NO.C5H11N.C5H10O.C4H10N2.C4H5NO2.2C4H7NO.C4H9N.C3H8N2.C3H6N2/c7-5-1-3-6-4-2-5;7-6-4-2-1-3-5-6;2*1-2-4-6-5-3-1;1-2-6-4-3-5-1;6-3-1-2-5-4(3)7;2*6-4-2-1-3-5-4;3*1-2-4-5-3-1/h6H,1-4H2;6H,1-5H2;6H,1-5H2;1-5H2;5-6H,1-4H2;1-2H2,(H,5,7);2*1-3H2,(H,5,6);5H,1-4H2;4-5H,1-3H2;1-2,4-5H,3H2. The van der Waals surface area contributed by atoms with Gasteiger partial charge in [-0.25, -0.2) is 5.43 Å². The van der Waals surface area contributed by atoms with Gasteiger partial charge in [0.25, 0.3) is 5.91 Å². The van der Waals surface area contributed by atoms with Gasteiger partial charge in [-0.15, -0.1) is 0 Å². The van der Waals surface area contributed by atoms with Crippen LogP contribution in [0.15, 0.2) is 12.3 Å². The van der Waals surface area contributed by atoms with Crippen molar-refractivity contribution in [3.05, 3.63) is 17.5 Å². The first-order valence-corrected chi connectivity index (χ1v) is 25.5. The van der Waals surface area contributed by atoms with E-state index in [0.717, 1.165) is 150 Å². The second kappa shape index (κ2) is 48.3. The summed E-state index contributed by atoms with van der Waals surface area (Å²) in [5.41, 5.74) is 11.6. The highest BCUT2D eigenvalue weighted by Crippen LogP contribution is 2.02. The molecule has 0 radical (unpaired) electrons. The maximum Gasteiger partial charge on any atom is 0.287 e. The number of rotatable bonds is 0. The van der Waals surface area contributed by atoms with Crippen molar-refractivity contribution >= 4 is 29.3 Å². The van der Waals surface area contributed by atoms with Crippen LogP contribution in [0.4, 0.5) is 0 Å². The zero-order valence-electron chi connectivity index (χ0n) is 40.6.